The van der Waals surface area contributed by atoms with E-state index < -0.39 is 0 Å². The third-order valence-corrected chi connectivity index (χ3v) is 2.11. The summed E-state index contributed by atoms with van der Waals surface area (Å²) in [6.07, 6.45) is 1.15. The third-order valence-electron chi connectivity index (χ3n) is 1.55. The molecule has 0 unspecified atom stereocenters. The summed E-state index contributed by atoms with van der Waals surface area (Å²) >= 11 is 3.36. The van der Waals surface area contributed by atoms with Crippen LogP contribution < -0.4 is 0 Å². The number of nitrogens with zero attached hydrogens (tertiary/aromatic N) is 1. The zero-order valence-electron chi connectivity index (χ0n) is 5.39. The number of rotatable bonds is 3. The van der Waals surface area contributed by atoms with Crippen LogP contribution in [0.1, 0.15) is 6.42 Å². The maximum absolute atomic E-state index is 8.86. The molecule has 0 bridgehead atoms. The Kier molecular flexibility index (Phi) is 2.95. The molecule has 0 spiro atoms. The highest BCUT2D eigenvalue weighted by atomic mass is 79.9. The molecule has 1 heterocycles. The van der Waals surface area contributed by atoms with Gasteiger partial charge in [0.15, 0.2) is 0 Å². The van der Waals surface area contributed by atoms with Gasteiger partial charge >= 0.3 is 0 Å². The molecule has 9 heavy (non-hydrogen) atoms. The summed E-state index contributed by atoms with van der Waals surface area (Å²) in [7, 11) is 0. The predicted octanol–water partition coefficient (Wildman–Crippen LogP) is 0.448. The topological polar surface area (TPSA) is 23.5 Å². The molecule has 1 rings (SSSR count). The van der Waals surface area contributed by atoms with Crippen LogP contribution >= 0.6 is 15.9 Å². The molecule has 1 saturated heterocycles. The Morgan fingerprint density at radius 2 is 2.22 bits per heavy atom. The number of hydrogen-bond donors (Lipinski definition) is 1. The van der Waals surface area contributed by atoms with Crippen molar-refractivity contribution >= 4 is 15.9 Å². The van der Waals surface area contributed by atoms with Crippen molar-refractivity contribution in [3.63, 3.8) is 0 Å². The third kappa shape index (κ3) is 2.24. The van der Waals surface area contributed by atoms with Gasteiger partial charge in [0.1, 0.15) is 0 Å². The Hall–Kier alpha value is 0.400. The van der Waals surface area contributed by atoms with Crippen LogP contribution in [0.5, 0.6) is 0 Å². The monoisotopic (exact) mass is 193 g/mol. The first-order valence-electron chi connectivity index (χ1n) is 3.29. The van der Waals surface area contributed by atoms with Crippen molar-refractivity contribution in [3.05, 3.63) is 0 Å². The molecule has 0 aromatic rings. The number of aliphatic hydroxyl groups excluding tert-OH is 1. The molecular weight excluding hydrogens is 182 g/mol. The van der Waals surface area contributed by atoms with E-state index in [2.05, 4.69) is 20.8 Å². The lowest BCUT2D eigenvalue weighted by atomic mass is 10.2. The van der Waals surface area contributed by atoms with Crippen molar-refractivity contribution in [1.29, 1.82) is 0 Å². The zero-order valence-corrected chi connectivity index (χ0v) is 6.97. The second kappa shape index (κ2) is 3.54. The smallest absolute Gasteiger partial charge is 0.0793 e. The Labute approximate surface area is 64.0 Å². The Morgan fingerprint density at radius 1 is 1.56 bits per heavy atom. The van der Waals surface area contributed by atoms with Crippen LogP contribution in [0.15, 0.2) is 0 Å². The molecule has 0 aliphatic carbocycles. The fraction of sp³-hybridized carbons (Fsp3) is 1.00. The maximum atomic E-state index is 8.86. The Morgan fingerprint density at radius 3 is 2.67 bits per heavy atom. The van der Waals surface area contributed by atoms with Crippen LogP contribution in [-0.2, 0) is 0 Å². The van der Waals surface area contributed by atoms with E-state index in [1.165, 1.54) is 6.42 Å². The van der Waals surface area contributed by atoms with E-state index in [9.17, 15) is 0 Å². The van der Waals surface area contributed by atoms with Gasteiger partial charge in [-0.15, -0.1) is 0 Å². The molecule has 0 saturated carbocycles. The van der Waals surface area contributed by atoms with Crippen LogP contribution in [0.25, 0.3) is 0 Å². The fourth-order valence-corrected chi connectivity index (χ4v) is 1.26. The van der Waals surface area contributed by atoms with E-state index in [1.54, 1.807) is 0 Å². The van der Waals surface area contributed by atoms with Crippen LogP contribution in [0, 0.1) is 0 Å². The molecule has 0 aromatic heterocycles. The predicted molar refractivity (Wildman–Crippen MR) is 40.9 cm³/mol. The van der Waals surface area contributed by atoms with Gasteiger partial charge in [0.2, 0.25) is 0 Å². The zero-order chi connectivity index (χ0) is 6.69. The van der Waals surface area contributed by atoms with E-state index >= 15 is 0 Å². The minimum absolute atomic E-state index is 0.0414. The molecule has 1 aliphatic rings. The molecule has 0 amide bonds. The maximum Gasteiger partial charge on any atom is 0.0793 e. The summed E-state index contributed by atoms with van der Waals surface area (Å²) in [4.78, 5) is 2.26. The fourth-order valence-electron chi connectivity index (χ4n) is 1.01. The summed E-state index contributed by atoms with van der Waals surface area (Å²) in [6, 6.07) is 0. The van der Waals surface area contributed by atoms with E-state index in [0.29, 0.717) is 0 Å². The molecule has 1 fully saturated rings. The average Bonchev–Trinajstić information content (AvgIpc) is 1.78. The van der Waals surface area contributed by atoms with Gasteiger partial charge < -0.3 is 5.11 Å². The largest absolute Gasteiger partial charge is 0.390 e. The first kappa shape index (κ1) is 7.51. The standard InChI is InChI=1S/C6H12BrNO/c7-2-1-3-8-4-6(9)5-8/h6,9H,1-5H2. The van der Waals surface area contributed by atoms with Gasteiger partial charge in [0, 0.05) is 18.4 Å². The lowest BCUT2D eigenvalue weighted by molar-refractivity contribution is 0.00274. The number of halogens is 1. The normalized spacial score (nSPS) is 22.0. The van der Waals surface area contributed by atoms with Gasteiger partial charge in [-0.05, 0) is 13.0 Å². The van der Waals surface area contributed by atoms with Gasteiger partial charge in [-0.1, -0.05) is 15.9 Å². The highest BCUT2D eigenvalue weighted by Crippen LogP contribution is 2.07. The van der Waals surface area contributed by atoms with E-state index in [1.807, 2.05) is 0 Å². The van der Waals surface area contributed by atoms with Crippen molar-refractivity contribution in [2.75, 3.05) is 25.0 Å². The van der Waals surface area contributed by atoms with Crippen molar-refractivity contribution < 1.29 is 5.11 Å². The van der Waals surface area contributed by atoms with Crippen molar-refractivity contribution in [3.8, 4) is 0 Å². The van der Waals surface area contributed by atoms with Crippen molar-refractivity contribution in [2.24, 2.45) is 0 Å². The summed E-state index contributed by atoms with van der Waals surface area (Å²) in [5, 5.41) is 9.93. The van der Waals surface area contributed by atoms with Gasteiger partial charge in [0.25, 0.3) is 0 Å². The second-order valence-electron chi connectivity index (χ2n) is 2.46. The molecule has 54 valence electrons. The number of aliphatic hydroxyl groups is 1. The van der Waals surface area contributed by atoms with E-state index in [4.69, 9.17) is 5.11 Å². The summed E-state index contributed by atoms with van der Waals surface area (Å²) in [6.45, 7) is 2.89. The average molecular weight is 194 g/mol. The summed E-state index contributed by atoms with van der Waals surface area (Å²) in [5.41, 5.74) is 0. The number of alkyl halides is 1. The lowest BCUT2D eigenvalue weighted by Gasteiger charge is -2.35. The van der Waals surface area contributed by atoms with Crippen molar-refractivity contribution in [1.82, 2.24) is 4.90 Å². The summed E-state index contributed by atoms with van der Waals surface area (Å²) < 4.78 is 0. The van der Waals surface area contributed by atoms with Gasteiger partial charge in [0.05, 0.1) is 6.10 Å². The lowest BCUT2D eigenvalue weighted by Crippen LogP contribution is -2.50. The van der Waals surface area contributed by atoms with Crippen LogP contribution in [0.4, 0.5) is 0 Å². The quantitative estimate of drug-likeness (QED) is 0.659. The Bertz CT molecular complexity index is 83.1. The van der Waals surface area contributed by atoms with Gasteiger partial charge in [-0.3, -0.25) is 4.90 Å². The van der Waals surface area contributed by atoms with E-state index in [-0.39, 0.29) is 6.10 Å². The molecular formula is C6H12BrNO. The first-order chi connectivity index (χ1) is 4.33. The number of likely N-dealkylation sites (tertiary alicyclic amines) is 1. The molecule has 0 atom stereocenters. The molecule has 2 nitrogen and oxygen atoms in total. The van der Waals surface area contributed by atoms with E-state index in [0.717, 1.165) is 25.0 Å². The second-order valence-corrected chi connectivity index (χ2v) is 3.25. The highest BCUT2D eigenvalue weighted by Gasteiger charge is 2.22. The van der Waals surface area contributed by atoms with Gasteiger partial charge in [-0.2, -0.15) is 0 Å². The number of hydrogen-bond acceptors (Lipinski definition) is 2. The van der Waals surface area contributed by atoms with Crippen molar-refractivity contribution in [2.45, 2.75) is 12.5 Å². The van der Waals surface area contributed by atoms with Crippen LogP contribution in [0.3, 0.4) is 0 Å². The SMILES string of the molecule is OC1CN(CCCBr)C1. The Balaban J connectivity index is 1.91. The molecule has 3 heteroatoms. The van der Waals surface area contributed by atoms with Crippen LogP contribution in [0.2, 0.25) is 0 Å². The minimum atomic E-state index is -0.0414. The summed E-state index contributed by atoms with van der Waals surface area (Å²) in [5.74, 6) is 0. The van der Waals surface area contributed by atoms with Gasteiger partial charge in [-0.25, -0.2) is 0 Å². The van der Waals surface area contributed by atoms with Crippen LogP contribution in [-0.4, -0.2) is 41.1 Å². The molecule has 0 radical (unpaired) electrons. The first-order valence-corrected chi connectivity index (χ1v) is 4.41. The molecule has 1 N–H and O–H groups in total. The minimum Gasteiger partial charge on any atom is -0.390 e. The molecule has 0 aromatic carbocycles. The molecule has 1 aliphatic heterocycles. The highest BCUT2D eigenvalue weighted by molar-refractivity contribution is 9.09. The number of β-amino-alcohol motifs (C(OH)–C–C–N with tert-alkyl or cyclic N) is 1.